The fourth-order valence-corrected chi connectivity index (χ4v) is 3.86. The second-order valence-electron chi connectivity index (χ2n) is 7.13. The van der Waals surface area contributed by atoms with Gasteiger partial charge in [0, 0.05) is 42.5 Å². The number of carbonyl (C=O) groups is 1. The molecule has 1 aliphatic heterocycles. The molecule has 28 heavy (non-hydrogen) atoms. The van der Waals surface area contributed by atoms with Gasteiger partial charge in [-0.25, -0.2) is 14.4 Å². The molecule has 1 N–H and O–H groups in total. The Morgan fingerprint density at radius 2 is 2.18 bits per heavy atom. The van der Waals surface area contributed by atoms with E-state index in [1.54, 1.807) is 6.07 Å². The number of hydrogen-bond acceptors (Lipinski definition) is 5. The minimum atomic E-state index is -0.389. The van der Waals surface area contributed by atoms with Crippen LogP contribution in [0.3, 0.4) is 0 Å². The van der Waals surface area contributed by atoms with E-state index in [1.165, 1.54) is 12.1 Å². The molecule has 148 valence electrons. The highest BCUT2D eigenvalue weighted by Gasteiger charge is 2.27. The van der Waals surface area contributed by atoms with Gasteiger partial charge in [-0.3, -0.25) is 4.79 Å². The van der Waals surface area contributed by atoms with Crippen molar-refractivity contribution in [3.8, 4) is 0 Å². The largest absolute Gasteiger partial charge is 0.378 e. The molecule has 0 spiro atoms. The molecule has 1 aromatic heterocycles. The van der Waals surface area contributed by atoms with Crippen LogP contribution < -0.4 is 10.2 Å². The van der Waals surface area contributed by atoms with E-state index in [0.29, 0.717) is 30.2 Å². The Morgan fingerprint density at radius 3 is 2.96 bits per heavy atom. The van der Waals surface area contributed by atoms with Crippen LogP contribution in [-0.2, 0) is 28.9 Å². The van der Waals surface area contributed by atoms with Crippen molar-refractivity contribution < 1.29 is 13.9 Å². The van der Waals surface area contributed by atoms with E-state index in [-0.39, 0.29) is 24.2 Å². The number of anilines is 1. The van der Waals surface area contributed by atoms with E-state index >= 15 is 0 Å². The average molecular weight is 405 g/mol. The summed E-state index contributed by atoms with van der Waals surface area (Å²) in [6.45, 7) is 3.28. The molecule has 1 saturated heterocycles. The van der Waals surface area contributed by atoms with Crippen LogP contribution in [0.4, 0.5) is 10.3 Å². The summed E-state index contributed by atoms with van der Waals surface area (Å²) < 4.78 is 18.5. The monoisotopic (exact) mass is 404 g/mol. The zero-order chi connectivity index (χ0) is 19.5. The van der Waals surface area contributed by atoms with E-state index < -0.39 is 0 Å². The molecule has 1 aliphatic carbocycles. The highest BCUT2D eigenvalue weighted by atomic mass is 35.5. The van der Waals surface area contributed by atoms with Gasteiger partial charge in [0.15, 0.2) is 0 Å². The van der Waals surface area contributed by atoms with Gasteiger partial charge in [0.1, 0.15) is 5.82 Å². The van der Waals surface area contributed by atoms with Gasteiger partial charge in [-0.1, -0.05) is 17.7 Å². The summed E-state index contributed by atoms with van der Waals surface area (Å²) in [6.07, 6.45) is 3.98. The summed E-state index contributed by atoms with van der Waals surface area (Å²) in [6, 6.07) is 4.19. The van der Waals surface area contributed by atoms with E-state index in [1.807, 2.05) is 6.20 Å². The maximum absolute atomic E-state index is 13.1. The second kappa shape index (κ2) is 8.41. The Kier molecular flexibility index (Phi) is 5.73. The van der Waals surface area contributed by atoms with Crippen LogP contribution in [0.25, 0.3) is 0 Å². The van der Waals surface area contributed by atoms with E-state index in [4.69, 9.17) is 21.3 Å². The number of benzene rings is 1. The van der Waals surface area contributed by atoms with Crippen LogP contribution in [0.2, 0.25) is 5.02 Å². The van der Waals surface area contributed by atoms with Crippen molar-refractivity contribution in [2.75, 3.05) is 31.2 Å². The van der Waals surface area contributed by atoms with Gasteiger partial charge >= 0.3 is 0 Å². The fourth-order valence-electron chi connectivity index (χ4n) is 3.63. The third kappa shape index (κ3) is 4.25. The van der Waals surface area contributed by atoms with Gasteiger partial charge in [-0.05, 0) is 42.5 Å². The third-order valence-corrected chi connectivity index (χ3v) is 5.62. The lowest BCUT2D eigenvalue weighted by molar-refractivity contribution is -0.125. The summed E-state index contributed by atoms with van der Waals surface area (Å²) in [7, 11) is 0. The number of rotatable bonds is 4. The predicted octanol–water partition coefficient (Wildman–Crippen LogP) is 2.53. The Balaban J connectivity index is 1.37. The lowest BCUT2D eigenvalue weighted by atomic mass is 9.86. The van der Waals surface area contributed by atoms with Crippen molar-refractivity contribution >= 4 is 23.5 Å². The molecule has 2 aliphatic rings. The van der Waals surface area contributed by atoms with Crippen LogP contribution >= 0.6 is 11.6 Å². The number of amides is 1. The van der Waals surface area contributed by atoms with Crippen LogP contribution in [0.1, 0.15) is 23.2 Å². The van der Waals surface area contributed by atoms with Gasteiger partial charge in [-0.2, -0.15) is 0 Å². The molecule has 8 heteroatoms. The quantitative estimate of drug-likeness (QED) is 0.848. The number of halogens is 2. The summed E-state index contributed by atoms with van der Waals surface area (Å²) in [5.41, 5.74) is 2.76. The van der Waals surface area contributed by atoms with Crippen LogP contribution in [0.15, 0.2) is 24.4 Å². The number of aryl methyl sites for hydroxylation is 1. The Morgan fingerprint density at radius 1 is 1.36 bits per heavy atom. The lowest BCUT2D eigenvalue weighted by Crippen LogP contribution is -2.38. The molecule has 1 aromatic carbocycles. The highest BCUT2D eigenvalue weighted by Crippen LogP contribution is 2.26. The number of nitrogens with one attached hydrogen (secondary N) is 1. The van der Waals surface area contributed by atoms with Gasteiger partial charge in [0.2, 0.25) is 11.9 Å². The first-order valence-electron chi connectivity index (χ1n) is 9.49. The molecule has 0 unspecified atom stereocenters. The van der Waals surface area contributed by atoms with Gasteiger partial charge in [-0.15, -0.1) is 0 Å². The number of morpholine rings is 1. The van der Waals surface area contributed by atoms with Crippen molar-refractivity contribution in [2.24, 2.45) is 5.92 Å². The number of ether oxygens (including phenoxy) is 1. The summed E-state index contributed by atoms with van der Waals surface area (Å²) in [5.74, 6) is 0.212. The van der Waals surface area contributed by atoms with Gasteiger partial charge < -0.3 is 15.0 Å². The molecular formula is C20H22ClFN4O2. The molecule has 4 rings (SSSR count). The van der Waals surface area contributed by atoms with Gasteiger partial charge in [0.25, 0.3) is 0 Å². The minimum Gasteiger partial charge on any atom is -0.378 e. The van der Waals surface area contributed by atoms with Crippen LogP contribution in [0, 0.1) is 11.7 Å². The maximum atomic E-state index is 13.1. The van der Waals surface area contributed by atoms with Crippen molar-refractivity contribution in [3.63, 3.8) is 0 Å². The number of fused-ring (bicyclic) bond motifs is 1. The first kappa shape index (κ1) is 19.1. The van der Waals surface area contributed by atoms with Gasteiger partial charge in [0.05, 0.1) is 13.2 Å². The normalized spacial score (nSPS) is 19.2. The smallest absolute Gasteiger partial charge is 0.225 e. The zero-order valence-electron chi connectivity index (χ0n) is 15.5. The fraction of sp³-hybridized carbons (Fsp3) is 0.450. The van der Waals surface area contributed by atoms with Crippen molar-refractivity contribution in [1.29, 1.82) is 0 Å². The SMILES string of the molecule is O=C(NCc1ccc(F)cc1Cl)[C@H]1CCc2nc(N3CCOCC3)ncc2C1. The molecular weight excluding hydrogens is 383 g/mol. The Bertz CT molecular complexity index is 873. The highest BCUT2D eigenvalue weighted by molar-refractivity contribution is 6.31. The Hall–Kier alpha value is -2.25. The molecule has 0 saturated carbocycles. The molecule has 6 nitrogen and oxygen atoms in total. The third-order valence-electron chi connectivity index (χ3n) is 5.27. The summed E-state index contributed by atoms with van der Waals surface area (Å²) in [4.78, 5) is 23.9. The molecule has 1 amide bonds. The average Bonchev–Trinajstić information content (AvgIpc) is 2.73. The van der Waals surface area contributed by atoms with Crippen molar-refractivity contribution in [2.45, 2.75) is 25.8 Å². The van der Waals surface area contributed by atoms with Crippen LogP contribution in [0.5, 0.6) is 0 Å². The van der Waals surface area contributed by atoms with E-state index in [0.717, 1.165) is 43.1 Å². The lowest BCUT2D eigenvalue weighted by Gasteiger charge is -2.28. The van der Waals surface area contributed by atoms with Crippen molar-refractivity contribution in [1.82, 2.24) is 15.3 Å². The molecule has 0 radical (unpaired) electrons. The Labute approximate surface area is 168 Å². The van der Waals surface area contributed by atoms with E-state index in [9.17, 15) is 9.18 Å². The molecule has 2 aromatic rings. The summed E-state index contributed by atoms with van der Waals surface area (Å²) >= 11 is 6.02. The number of aromatic nitrogens is 2. The zero-order valence-corrected chi connectivity index (χ0v) is 16.2. The first-order valence-corrected chi connectivity index (χ1v) is 9.87. The predicted molar refractivity (Wildman–Crippen MR) is 104 cm³/mol. The van der Waals surface area contributed by atoms with E-state index in [2.05, 4.69) is 15.2 Å². The number of hydrogen-bond donors (Lipinski definition) is 1. The molecule has 2 heterocycles. The summed E-state index contributed by atoms with van der Waals surface area (Å²) in [5, 5.41) is 3.23. The number of carbonyl (C=O) groups excluding carboxylic acids is 1. The van der Waals surface area contributed by atoms with Crippen molar-refractivity contribution in [3.05, 3.63) is 52.1 Å². The topological polar surface area (TPSA) is 67.4 Å². The standard InChI is InChI=1S/C20H22ClFN4O2/c21-17-10-16(22)3-1-14(17)11-23-19(27)13-2-4-18-15(9-13)12-24-20(25-18)26-5-7-28-8-6-26/h1,3,10,12-13H,2,4-9,11H2,(H,23,27)/t13-/m0/s1. The second-order valence-corrected chi connectivity index (χ2v) is 7.54. The molecule has 1 fully saturated rings. The minimum absolute atomic E-state index is 0.0247. The number of nitrogens with zero attached hydrogens (tertiary/aromatic N) is 3. The molecule has 0 bridgehead atoms. The van der Waals surface area contributed by atoms with Crippen LogP contribution in [-0.4, -0.2) is 42.2 Å². The molecule has 1 atom stereocenters. The maximum Gasteiger partial charge on any atom is 0.225 e. The first-order chi connectivity index (χ1) is 13.6.